The van der Waals surface area contributed by atoms with E-state index in [9.17, 15) is 0 Å². The van der Waals surface area contributed by atoms with E-state index in [1.807, 2.05) is 19.1 Å². The Balaban J connectivity index is 0.00000210. The molecule has 0 aliphatic carbocycles. The highest BCUT2D eigenvalue weighted by Crippen LogP contribution is 2.29. The van der Waals surface area contributed by atoms with Gasteiger partial charge in [-0.05, 0) is 55.6 Å². The smallest absolute Gasteiger partial charge is 0.161 e. The third-order valence-electron chi connectivity index (χ3n) is 4.52. The Bertz CT molecular complexity index is 668. The highest BCUT2D eigenvalue weighted by molar-refractivity contribution is 7.09. The molecular weight excluding hydrogens is 431 g/mol. The molecule has 0 spiro atoms. The van der Waals surface area contributed by atoms with Crippen LogP contribution in [0.1, 0.15) is 23.8 Å². The fourth-order valence-corrected chi connectivity index (χ4v) is 3.69. The number of hydrogen-bond acceptors (Lipinski definition) is 6. The molecule has 29 heavy (non-hydrogen) atoms. The van der Waals surface area contributed by atoms with E-state index < -0.39 is 0 Å². The molecule has 2 heterocycles. The van der Waals surface area contributed by atoms with E-state index >= 15 is 0 Å². The summed E-state index contributed by atoms with van der Waals surface area (Å²) >= 11 is 1.70. The van der Waals surface area contributed by atoms with E-state index in [4.69, 9.17) is 14.2 Å². The SMILES string of the molecule is CCOc1cc(CNCCCN2CCOCC2)ccc1OCc1cccs1.Cl.Cl. The summed E-state index contributed by atoms with van der Waals surface area (Å²) in [6.07, 6.45) is 1.15. The zero-order valence-corrected chi connectivity index (χ0v) is 19.4. The third kappa shape index (κ3) is 9.11. The van der Waals surface area contributed by atoms with Gasteiger partial charge in [0.15, 0.2) is 11.5 Å². The number of rotatable bonds is 11. The maximum atomic E-state index is 5.95. The first-order valence-corrected chi connectivity index (χ1v) is 10.6. The molecule has 1 aliphatic rings. The Hall–Kier alpha value is -1.02. The predicted octanol–water partition coefficient (Wildman–Crippen LogP) is 4.38. The van der Waals surface area contributed by atoms with Crippen molar-refractivity contribution in [3.63, 3.8) is 0 Å². The van der Waals surface area contributed by atoms with Gasteiger partial charge in [0.2, 0.25) is 0 Å². The topological polar surface area (TPSA) is 43.0 Å². The van der Waals surface area contributed by atoms with Crippen molar-refractivity contribution in [2.75, 3.05) is 46.0 Å². The van der Waals surface area contributed by atoms with E-state index in [1.165, 1.54) is 10.4 Å². The molecule has 5 nitrogen and oxygen atoms in total. The molecule has 1 aromatic heterocycles. The van der Waals surface area contributed by atoms with Crippen LogP contribution in [0, 0.1) is 0 Å². The lowest BCUT2D eigenvalue weighted by Crippen LogP contribution is -2.37. The van der Waals surface area contributed by atoms with Crippen molar-refractivity contribution in [3.05, 3.63) is 46.2 Å². The lowest BCUT2D eigenvalue weighted by molar-refractivity contribution is 0.0374. The second-order valence-electron chi connectivity index (χ2n) is 6.57. The largest absolute Gasteiger partial charge is 0.490 e. The summed E-state index contributed by atoms with van der Waals surface area (Å²) < 4.78 is 17.1. The molecule has 0 unspecified atom stereocenters. The average molecular weight is 463 g/mol. The van der Waals surface area contributed by atoms with Gasteiger partial charge in [-0.25, -0.2) is 0 Å². The molecule has 1 N–H and O–H groups in total. The minimum Gasteiger partial charge on any atom is -0.490 e. The van der Waals surface area contributed by atoms with Crippen LogP contribution in [0.5, 0.6) is 11.5 Å². The van der Waals surface area contributed by atoms with Crippen LogP contribution in [-0.2, 0) is 17.9 Å². The van der Waals surface area contributed by atoms with Crippen molar-refractivity contribution in [1.29, 1.82) is 0 Å². The van der Waals surface area contributed by atoms with Gasteiger partial charge in [0.1, 0.15) is 6.61 Å². The number of halogens is 2. The van der Waals surface area contributed by atoms with Crippen LogP contribution in [0.15, 0.2) is 35.7 Å². The van der Waals surface area contributed by atoms with Gasteiger partial charge in [0.25, 0.3) is 0 Å². The van der Waals surface area contributed by atoms with Crippen molar-refractivity contribution < 1.29 is 14.2 Å². The van der Waals surface area contributed by atoms with Gasteiger partial charge >= 0.3 is 0 Å². The fourth-order valence-electron chi connectivity index (χ4n) is 3.08. The molecular formula is C21H32Cl2N2O3S. The number of ether oxygens (including phenoxy) is 3. The molecule has 0 bridgehead atoms. The van der Waals surface area contributed by atoms with Crippen LogP contribution in [0.3, 0.4) is 0 Å². The van der Waals surface area contributed by atoms with Crippen molar-refractivity contribution >= 4 is 36.2 Å². The summed E-state index contributed by atoms with van der Waals surface area (Å²) in [4.78, 5) is 3.68. The van der Waals surface area contributed by atoms with Crippen molar-refractivity contribution in [3.8, 4) is 11.5 Å². The minimum absolute atomic E-state index is 0. The van der Waals surface area contributed by atoms with Gasteiger partial charge in [0, 0.05) is 24.5 Å². The molecule has 0 radical (unpaired) electrons. The number of morpholine rings is 1. The molecule has 1 fully saturated rings. The molecule has 164 valence electrons. The lowest BCUT2D eigenvalue weighted by atomic mass is 10.2. The Kier molecular flexibility index (Phi) is 13.4. The standard InChI is InChI=1S/C21H30N2O3S.2ClH/c1-2-25-21-15-18(6-7-20(21)26-17-19-5-3-14-27-19)16-22-8-4-9-23-10-12-24-13-11-23;;/h3,5-7,14-15,22H,2,4,8-13,16-17H2,1H3;2*1H. The Morgan fingerprint density at radius 3 is 2.66 bits per heavy atom. The lowest BCUT2D eigenvalue weighted by Gasteiger charge is -2.26. The Labute approximate surface area is 190 Å². The Morgan fingerprint density at radius 1 is 1.10 bits per heavy atom. The quantitative estimate of drug-likeness (QED) is 0.501. The predicted molar refractivity (Wildman–Crippen MR) is 124 cm³/mol. The summed E-state index contributed by atoms with van der Waals surface area (Å²) in [5.74, 6) is 1.63. The number of nitrogens with zero attached hydrogens (tertiary/aromatic N) is 1. The molecule has 0 atom stereocenters. The van der Waals surface area contributed by atoms with Gasteiger partial charge in [-0.3, -0.25) is 4.90 Å². The van der Waals surface area contributed by atoms with E-state index in [2.05, 4.69) is 33.8 Å². The molecule has 3 rings (SSSR count). The second kappa shape index (κ2) is 14.9. The summed E-state index contributed by atoms with van der Waals surface area (Å²) in [5, 5.41) is 5.60. The number of nitrogens with one attached hydrogen (secondary N) is 1. The zero-order chi connectivity index (χ0) is 18.7. The van der Waals surface area contributed by atoms with Gasteiger partial charge in [-0.15, -0.1) is 36.2 Å². The van der Waals surface area contributed by atoms with E-state index in [0.717, 1.165) is 63.9 Å². The van der Waals surface area contributed by atoms with Crippen molar-refractivity contribution in [2.24, 2.45) is 0 Å². The monoisotopic (exact) mass is 462 g/mol. The molecule has 2 aromatic rings. The summed E-state index contributed by atoms with van der Waals surface area (Å²) in [6.45, 7) is 10.1. The molecule has 1 aromatic carbocycles. The van der Waals surface area contributed by atoms with Crippen LogP contribution >= 0.6 is 36.2 Å². The number of hydrogen-bond donors (Lipinski definition) is 1. The van der Waals surface area contributed by atoms with Gasteiger partial charge < -0.3 is 19.5 Å². The summed E-state index contributed by atoms with van der Waals surface area (Å²) in [6, 6.07) is 10.3. The van der Waals surface area contributed by atoms with Gasteiger partial charge in [-0.1, -0.05) is 12.1 Å². The summed E-state index contributed by atoms with van der Waals surface area (Å²) in [5.41, 5.74) is 1.22. The van der Waals surface area contributed by atoms with E-state index in [0.29, 0.717) is 13.2 Å². The van der Waals surface area contributed by atoms with Crippen molar-refractivity contribution in [2.45, 2.75) is 26.5 Å². The number of thiophene rings is 1. The molecule has 8 heteroatoms. The normalized spacial score (nSPS) is 14.0. The number of benzene rings is 1. The Morgan fingerprint density at radius 2 is 1.93 bits per heavy atom. The fraction of sp³-hybridized carbons (Fsp3) is 0.524. The highest BCUT2D eigenvalue weighted by Gasteiger charge is 2.10. The zero-order valence-electron chi connectivity index (χ0n) is 16.9. The van der Waals surface area contributed by atoms with Gasteiger partial charge in [-0.2, -0.15) is 0 Å². The van der Waals surface area contributed by atoms with Gasteiger partial charge in [0.05, 0.1) is 19.8 Å². The van der Waals surface area contributed by atoms with Crippen molar-refractivity contribution in [1.82, 2.24) is 10.2 Å². The summed E-state index contributed by atoms with van der Waals surface area (Å²) in [7, 11) is 0. The first kappa shape index (κ1) is 26.0. The first-order chi connectivity index (χ1) is 13.3. The minimum atomic E-state index is 0. The van der Waals surface area contributed by atoms with Crippen LogP contribution in [0.2, 0.25) is 0 Å². The maximum absolute atomic E-state index is 5.95. The second-order valence-corrected chi connectivity index (χ2v) is 7.60. The molecule has 1 aliphatic heterocycles. The average Bonchev–Trinajstić information content (AvgIpc) is 3.22. The van der Waals surface area contributed by atoms with Crippen LogP contribution in [-0.4, -0.2) is 50.9 Å². The van der Waals surface area contributed by atoms with E-state index in [1.54, 1.807) is 11.3 Å². The first-order valence-electron chi connectivity index (χ1n) is 9.77. The van der Waals surface area contributed by atoms with Crippen LogP contribution in [0.25, 0.3) is 0 Å². The van der Waals surface area contributed by atoms with Crippen LogP contribution < -0.4 is 14.8 Å². The molecule has 0 saturated carbocycles. The van der Waals surface area contributed by atoms with Crippen LogP contribution in [0.4, 0.5) is 0 Å². The third-order valence-corrected chi connectivity index (χ3v) is 5.37. The molecule has 0 amide bonds. The maximum Gasteiger partial charge on any atom is 0.161 e. The highest BCUT2D eigenvalue weighted by atomic mass is 35.5. The molecule has 1 saturated heterocycles. The van der Waals surface area contributed by atoms with E-state index in [-0.39, 0.29) is 24.8 Å².